The zero-order chi connectivity index (χ0) is 9.68. The number of aromatic nitrogens is 1. The summed E-state index contributed by atoms with van der Waals surface area (Å²) in [5.74, 6) is 5.35. The smallest absolute Gasteiger partial charge is 0.113 e. The SMILES string of the molecule is CC(O)C#Cc1ccc(CN)cn1. The molecule has 0 saturated carbocycles. The molecule has 3 nitrogen and oxygen atoms in total. The molecule has 1 rings (SSSR count). The summed E-state index contributed by atoms with van der Waals surface area (Å²) >= 11 is 0. The third-order valence-corrected chi connectivity index (χ3v) is 1.47. The molecule has 0 amide bonds. The minimum Gasteiger partial charge on any atom is -0.381 e. The Morgan fingerprint density at radius 1 is 1.62 bits per heavy atom. The van der Waals surface area contributed by atoms with Gasteiger partial charge in [-0.3, -0.25) is 0 Å². The van der Waals surface area contributed by atoms with Gasteiger partial charge in [0.1, 0.15) is 11.8 Å². The van der Waals surface area contributed by atoms with Crippen molar-refractivity contribution in [2.45, 2.75) is 19.6 Å². The summed E-state index contributed by atoms with van der Waals surface area (Å²) in [5.41, 5.74) is 7.03. The molecule has 1 aromatic heterocycles. The number of rotatable bonds is 1. The summed E-state index contributed by atoms with van der Waals surface area (Å²) in [4.78, 5) is 4.06. The van der Waals surface area contributed by atoms with E-state index in [9.17, 15) is 0 Å². The van der Waals surface area contributed by atoms with Gasteiger partial charge in [-0.15, -0.1) is 0 Å². The number of nitrogens with two attached hydrogens (primary N) is 1. The van der Waals surface area contributed by atoms with Crippen LogP contribution in [0.25, 0.3) is 0 Å². The first-order chi connectivity index (χ1) is 6.22. The van der Waals surface area contributed by atoms with Crippen molar-refractivity contribution in [2.24, 2.45) is 5.73 Å². The fraction of sp³-hybridized carbons (Fsp3) is 0.300. The lowest BCUT2D eigenvalue weighted by Crippen LogP contribution is -1.97. The van der Waals surface area contributed by atoms with E-state index in [4.69, 9.17) is 10.8 Å². The number of pyridine rings is 1. The predicted octanol–water partition coefficient (Wildman–Crippen LogP) is 0.273. The van der Waals surface area contributed by atoms with E-state index in [1.54, 1.807) is 19.2 Å². The minimum absolute atomic E-state index is 0.483. The van der Waals surface area contributed by atoms with E-state index in [-0.39, 0.29) is 0 Å². The average molecular weight is 176 g/mol. The van der Waals surface area contributed by atoms with Crippen molar-refractivity contribution in [2.75, 3.05) is 0 Å². The average Bonchev–Trinajstić information content (AvgIpc) is 2.15. The van der Waals surface area contributed by atoms with Crippen LogP contribution in [-0.4, -0.2) is 16.2 Å². The van der Waals surface area contributed by atoms with Crippen molar-refractivity contribution >= 4 is 0 Å². The molecule has 1 aromatic rings. The first kappa shape index (κ1) is 9.72. The highest BCUT2D eigenvalue weighted by molar-refractivity contribution is 5.29. The van der Waals surface area contributed by atoms with Crippen molar-refractivity contribution in [3.05, 3.63) is 29.6 Å². The Balaban J connectivity index is 2.77. The number of nitrogens with zero attached hydrogens (tertiary/aromatic N) is 1. The molecule has 0 aromatic carbocycles. The summed E-state index contributed by atoms with van der Waals surface area (Å²) in [7, 11) is 0. The highest BCUT2D eigenvalue weighted by Gasteiger charge is 1.90. The molecular formula is C10H12N2O. The van der Waals surface area contributed by atoms with Gasteiger partial charge >= 0.3 is 0 Å². The van der Waals surface area contributed by atoms with Crippen LogP contribution in [0.5, 0.6) is 0 Å². The van der Waals surface area contributed by atoms with Gasteiger partial charge in [-0.05, 0) is 24.5 Å². The Labute approximate surface area is 77.6 Å². The van der Waals surface area contributed by atoms with E-state index in [1.807, 2.05) is 6.07 Å². The Kier molecular flexibility index (Phi) is 3.44. The largest absolute Gasteiger partial charge is 0.381 e. The summed E-state index contributed by atoms with van der Waals surface area (Å²) in [5, 5.41) is 8.89. The van der Waals surface area contributed by atoms with E-state index < -0.39 is 6.10 Å². The number of aliphatic hydroxyl groups excluding tert-OH is 1. The number of hydrogen-bond acceptors (Lipinski definition) is 3. The first-order valence-corrected chi connectivity index (χ1v) is 4.07. The molecule has 13 heavy (non-hydrogen) atoms. The summed E-state index contributed by atoms with van der Waals surface area (Å²) < 4.78 is 0. The lowest BCUT2D eigenvalue weighted by molar-refractivity contribution is 0.253. The van der Waals surface area contributed by atoms with Crippen LogP contribution in [0.1, 0.15) is 18.2 Å². The van der Waals surface area contributed by atoms with Gasteiger partial charge in [-0.1, -0.05) is 12.0 Å². The molecule has 0 aliphatic heterocycles. The third kappa shape index (κ3) is 3.24. The van der Waals surface area contributed by atoms with Crippen LogP contribution in [0, 0.1) is 11.8 Å². The van der Waals surface area contributed by atoms with Gasteiger partial charge in [0.15, 0.2) is 0 Å². The molecule has 68 valence electrons. The molecule has 0 spiro atoms. The van der Waals surface area contributed by atoms with Crippen LogP contribution < -0.4 is 5.73 Å². The van der Waals surface area contributed by atoms with Gasteiger partial charge in [-0.25, -0.2) is 4.98 Å². The number of aliphatic hydroxyl groups is 1. The van der Waals surface area contributed by atoms with Crippen LogP contribution in [-0.2, 0) is 6.54 Å². The Morgan fingerprint density at radius 2 is 2.38 bits per heavy atom. The highest BCUT2D eigenvalue weighted by Crippen LogP contribution is 1.97. The molecule has 0 radical (unpaired) electrons. The molecule has 1 heterocycles. The highest BCUT2D eigenvalue weighted by atomic mass is 16.3. The summed E-state index contributed by atoms with van der Waals surface area (Å²) in [6.07, 6.45) is 1.07. The quantitative estimate of drug-likeness (QED) is 0.604. The van der Waals surface area contributed by atoms with Gasteiger partial charge < -0.3 is 10.8 Å². The third-order valence-electron chi connectivity index (χ3n) is 1.47. The van der Waals surface area contributed by atoms with Gasteiger partial charge in [0.2, 0.25) is 0 Å². The van der Waals surface area contributed by atoms with Crippen molar-refractivity contribution in [1.82, 2.24) is 4.98 Å². The zero-order valence-electron chi connectivity index (χ0n) is 7.49. The van der Waals surface area contributed by atoms with Crippen LogP contribution in [0.4, 0.5) is 0 Å². The van der Waals surface area contributed by atoms with Crippen LogP contribution in [0.3, 0.4) is 0 Å². The molecule has 0 fully saturated rings. The van der Waals surface area contributed by atoms with Gasteiger partial charge in [0.05, 0.1) is 0 Å². The maximum atomic E-state index is 8.89. The lowest BCUT2D eigenvalue weighted by Gasteiger charge is -1.94. The second-order valence-corrected chi connectivity index (χ2v) is 2.70. The Bertz CT molecular complexity index is 319. The Morgan fingerprint density at radius 3 is 2.85 bits per heavy atom. The molecule has 1 unspecified atom stereocenters. The maximum Gasteiger partial charge on any atom is 0.113 e. The molecule has 3 heteroatoms. The van der Waals surface area contributed by atoms with Gasteiger partial charge in [0.25, 0.3) is 0 Å². The molecular weight excluding hydrogens is 164 g/mol. The predicted molar refractivity (Wildman–Crippen MR) is 50.7 cm³/mol. The van der Waals surface area contributed by atoms with E-state index >= 15 is 0 Å². The minimum atomic E-state index is -0.615. The lowest BCUT2D eigenvalue weighted by atomic mass is 10.2. The normalized spacial score (nSPS) is 11.6. The van der Waals surface area contributed by atoms with E-state index in [0.717, 1.165) is 5.56 Å². The van der Waals surface area contributed by atoms with Crippen LogP contribution in [0.2, 0.25) is 0 Å². The fourth-order valence-corrected chi connectivity index (χ4v) is 0.798. The second kappa shape index (κ2) is 4.61. The van der Waals surface area contributed by atoms with Crippen LogP contribution >= 0.6 is 0 Å². The van der Waals surface area contributed by atoms with E-state index in [1.165, 1.54) is 0 Å². The topological polar surface area (TPSA) is 59.1 Å². The zero-order valence-corrected chi connectivity index (χ0v) is 7.49. The van der Waals surface area contributed by atoms with E-state index in [2.05, 4.69) is 16.8 Å². The molecule has 0 bridgehead atoms. The first-order valence-electron chi connectivity index (χ1n) is 4.07. The maximum absolute atomic E-state index is 8.89. The Hall–Kier alpha value is -1.37. The molecule has 1 atom stereocenters. The van der Waals surface area contributed by atoms with Crippen LogP contribution in [0.15, 0.2) is 18.3 Å². The fourth-order valence-electron chi connectivity index (χ4n) is 0.798. The molecule has 3 N–H and O–H groups in total. The number of hydrogen-bond donors (Lipinski definition) is 2. The van der Waals surface area contributed by atoms with Gasteiger partial charge in [0, 0.05) is 12.7 Å². The summed E-state index contributed by atoms with van der Waals surface area (Å²) in [6.45, 7) is 2.10. The molecule has 0 aliphatic carbocycles. The van der Waals surface area contributed by atoms with E-state index in [0.29, 0.717) is 12.2 Å². The molecule has 0 saturated heterocycles. The van der Waals surface area contributed by atoms with Crippen molar-refractivity contribution in [1.29, 1.82) is 0 Å². The molecule has 0 aliphatic rings. The van der Waals surface area contributed by atoms with Crippen molar-refractivity contribution < 1.29 is 5.11 Å². The standard InChI is InChI=1S/C10H12N2O/c1-8(13)2-4-10-5-3-9(6-11)7-12-10/h3,5,7-8,13H,6,11H2,1H3. The van der Waals surface area contributed by atoms with Crippen molar-refractivity contribution in [3.63, 3.8) is 0 Å². The van der Waals surface area contributed by atoms with Crippen molar-refractivity contribution in [3.8, 4) is 11.8 Å². The monoisotopic (exact) mass is 176 g/mol. The summed E-state index contributed by atoms with van der Waals surface area (Å²) in [6, 6.07) is 3.66. The van der Waals surface area contributed by atoms with Gasteiger partial charge in [-0.2, -0.15) is 0 Å². The second-order valence-electron chi connectivity index (χ2n) is 2.70.